The molecule has 3 heteroatoms. The van der Waals surface area contributed by atoms with Crippen LogP contribution in [-0.2, 0) is 0 Å². The molecule has 0 heterocycles. The van der Waals surface area contributed by atoms with Crippen LogP contribution in [0.15, 0.2) is 18.2 Å². The highest BCUT2D eigenvalue weighted by molar-refractivity contribution is 6.00. The largest absolute Gasteiger partial charge is 0.398 e. The van der Waals surface area contributed by atoms with Crippen LogP contribution < -0.4 is 10.6 Å². The lowest BCUT2D eigenvalue weighted by atomic mass is 9.85. The third-order valence-corrected chi connectivity index (χ3v) is 3.87. The van der Waals surface area contributed by atoms with E-state index < -0.39 is 0 Å². The molecule has 98 valence electrons. The van der Waals surface area contributed by atoms with Gasteiger partial charge in [-0.25, -0.2) is 0 Å². The average Bonchev–Trinajstić information content (AvgIpc) is 2.29. The highest BCUT2D eigenvalue weighted by Gasteiger charge is 2.20. The maximum Gasteiger partial charge on any atom is 0.161 e. The van der Waals surface area contributed by atoms with Crippen molar-refractivity contribution in [3.63, 3.8) is 0 Å². The van der Waals surface area contributed by atoms with Crippen molar-refractivity contribution < 1.29 is 4.79 Å². The van der Waals surface area contributed by atoms with Gasteiger partial charge in [0.2, 0.25) is 0 Å². The molecule has 2 N–H and O–H groups in total. The van der Waals surface area contributed by atoms with E-state index in [0.29, 0.717) is 11.3 Å². The highest BCUT2D eigenvalue weighted by atomic mass is 16.1. The minimum Gasteiger partial charge on any atom is -0.398 e. The number of nitrogens with zero attached hydrogens (tertiary/aromatic N) is 1. The van der Waals surface area contributed by atoms with Gasteiger partial charge < -0.3 is 10.6 Å². The minimum absolute atomic E-state index is 0.0362. The molecule has 1 saturated carbocycles. The summed E-state index contributed by atoms with van der Waals surface area (Å²) in [5, 5.41) is 0. The molecular weight excluding hydrogens is 224 g/mol. The third kappa shape index (κ3) is 2.66. The molecule has 0 spiro atoms. The Morgan fingerprint density at radius 1 is 1.44 bits per heavy atom. The van der Waals surface area contributed by atoms with Crippen LogP contribution in [0.2, 0.25) is 0 Å². The fourth-order valence-electron chi connectivity index (χ4n) is 2.45. The van der Waals surface area contributed by atoms with E-state index in [4.69, 9.17) is 5.73 Å². The lowest BCUT2D eigenvalue weighted by Gasteiger charge is -2.33. The summed E-state index contributed by atoms with van der Waals surface area (Å²) < 4.78 is 0. The smallest absolute Gasteiger partial charge is 0.161 e. The van der Waals surface area contributed by atoms with E-state index in [-0.39, 0.29) is 5.78 Å². The lowest BCUT2D eigenvalue weighted by molar-refractivity contribution is 0.101. The zero-order chi connectivity index (χ0) is 13.1. The van der Waals surface area contributed by atoms with Crippen LogP contribution in [0.1, 0.15) is 43.5 Å². The minimum atomic E-state index is 0.0362. The second-order valence-corrected chi connectivity index (χ2v) is 5.16. The fourth-order valence-corrected chi connectivity index (χ4v) is 2.45. The fraction of sp³-hybridized carbons (Fsp3) is 0.533. The van der Waals surface area contributed by atoms with E-state index in [0.717, 1.165) is 24.7 Å². The van der Waals surface area contributed by atoms with Gasteiger partial charge in [0.25, 0.3) is 0 Å². The maximum absolute atomic E-state index is 11.5. The maximum atomic E-state index is 11.5. The zero-order valence-electron chi connectivity index (χ0n) is 11.3. The van der Waals surface area contributed by atoms with Gasteiger partial charge >= 0.3 is 0 Å². The second-order valence-electron chi connectivity index (χ2n) is 5.16. The van der Waals surface area contributed by atoms with Crippen LogP contribution in [0.25, 0.3) is 0 Å². The molecule has 0 bridgehead atoms. The Kier molecular flexibility index (Phi) is 3.90. The molecule has 0 radical (unpaired) electrons. The molecule has 1 aliphatic rings. The first-order chi connectivity index (χ1) is 8.61. The summed E-state index contributed by atoms with van der Waals surface area (Å²) in [6.45, 7) is 5.79. The SMILES string of the molecule is CCN(CC1CCC1)c1ccc(N)c(C(C)=O)c1. The number of ketones is 1. The van der Waals surface area contributed by atoms with Crippen LogP contribution in [-0.4, -0.2) is 18.9 Å². The molecule has 0 unspecified atom stereocenters. The summed E-state index contributed by atoms with van der Waals surface area (Å²) >= 11 is 0. The first-order valence-corrected chi connectivity index (χ1v) is 6.77. The first kappa shape index (κ1) is 12.9. The normalized spacial score (nSPS) is 15.2. The summed E-state index contributed by atoms with van der Waals surface area (Å²) in [7, 11) is 0. The zero-order valence-corrected chi connectivity index (χ0v) is 11.3. The number of nitrogen functional groups attached to an aromatic ring is 1. The summed E-state index contributed by atoms with van der Waals surface area (Å²) in [6, 6.07) is 5.79. The monoisotopic (exact) mass is 246 g/mol. The molecule has 2 rings (SSSR count). The molecule has 1 fully saturated rings. The molecule has 0 aliphatic heterocycles. The van der Waals surface area contributed by atoms with Gasteiger partial charge in [0, 0.05) is 30.0 Å². The van der Waals surface area contributed by atoms with E-state index >= 15 is 0 Å². The van der Waals surface area contributed by atoms with Crippen molar-refractivity contribution in [3.05, 3.63) is 23.8 Å². The number of Topliss-reactive ketones (excluding diaryl/α,β-unsaturated/α-hetero) is 1. The van der Waals surface area contributed by atoms with E-state index in [1.807, 2.05) is 18.2 Å². The van der Waals surface area contributed by atoms with Crippen LogP contribution in [0.3, 0.4) is 0 Å². The molecule has 18 heavy (non-hydrogen) atoms. The van der Waals surface area contributed by atoms with Gasteiger partial charge in [0.15, 0.2) is 5.78 Å². The quantitative estimate of drug-likeness (QED) is 0.641. The van der Waals surface area contributed by atoms with E-state index in [9.17, 15) is 4.79 Å². The first-order valence-electron chi connectivity index (χ1n) is 6.77. The molecule has 0 aromatic heterocycles. The van der Waals surface area contributed by atoms with Crippen molar-refractivity contribution in [1.29, 1.82) is 0 Å². The predicted octanol–water partition coefficient (Wildman–Crippen LogP) is 3.10. The van der Waals surface area contributed by atoms with Gasteiger partial charge in [-0.15, -0.1) is 0 Å². The standard InChI is InChI=1S/C15H22N2O/c1-3-17(10-12-5-4-6-12)13-7-8-15(16)14(9-13)11(2)18/h7-9,12H,3-6,10,16H2,1-2H3. The lowest BCUT2D eigenvalue weighted by Crippen LogP contribution is -2.32. The van der Waals surface area contributed by atoms with Gasteiger partial charge in [0.05, 0.1) is 0 Å². The van der Waals surface area contributed by atoms with Crippen molar-refractivity contribution in [2.75, 3.05) is 23.7 Å². The van der Waals surface area contributed by atoms with E-state index in [1.54, 1.807) is 6.92 Å². The van der Waals surface area contributed by atoms with Crippen molar-refractivity contribution >= 4 is 17.2 Å². The van der Waals surface area contributed by atoms with Crippen LogP contribution in [0.4, 0.5) is 11.4 Å². The Balaban J connectivity index is 2.19. The number of hydrogen-bond donors (Lipinski definition) is 1. The van der Waals surface area contributed by atoms with Crippen LogP contribution >= 0.6 is 0 Å². The number of rotatable bonds is 5. The summed E-state index contributed by atoms with van der Waals surface area (Å²) in [5.41, 5.74) is 8.16. The molecule has 1 aromatic rings. The third-order valence-electron chi connectivity index (χ3n) is 3.87. The number of anilines is 2. The molecule has 0 saturated heterocycles. The van der Waals surface area contributed by atoms with Crippen molar-refractivity contribution in [1.82, 2.24) is 0 Å². The van der Waals surface area contributed by atoms with Gasteiger partial charge in [-0.2, -0.15) is 0 Å². The number of benzene rings is 1. The van der Waals surface area contributed by atoms with Gasteiger partial charge in [0.1, 0.15) is 0 Å². The predicted molar refractivity (Wildman–Crippen MR) is 76.1 cm³/mol. The molecule has 0 atom stereocenters. The molecular formula is C15H22N2O. The number of carbonyl (C=O) groups is 1. The van der Waals surface area contributed by atoms with Gasteiger partial charge in [-0.3, -0.25) is 4.79 Å². The molecule has 1 aromatic carbocycles. The number of hydrogen-bond acceptors (Lipinski definition) is 3. The molecule has 1 aliphatic carbocycles. The van der Waals surface area contributed by atoms with Gasteiger partial charge in [-0.1, -0.05) is 6.42 Å². The van der Waals surface area contributed by atoms with Crippen molar-refractivity contribution in [2.24, 2.45) is 5.92 Å². The Morgan fingerprint density at radius 2 is 2.17 bits per heavy atom. The summed E-state index contributed by atoms with van der Waals surface area (Å²) in [4.78, 5) is 13.9. The van der Waals surface area contributed by atoms with E-state index in [2.05, 4.69) is 11.8 Å². The Morgan fingerprint density at radius 3 is 2.67 bits per heavy atom. The van der Waals surface area contributed by atoms with Crippen LogP contribution in [0, 0.1) is 5.92 Å². The Labute approximate surface area is 109 Å². The molecule has 3 nitrogen and oxygen atoms in total. The van der Waals surface area contributed by atoms with E-state index in [1.165, 1.54) is 19.3 Å². The molecule has 0 amide bonds. The second kappa shape index (κ2) is 5.42. The van der Waals surface area contributed by atoms with Crippen LogP contribution in [0.5, 0.6) is 0 Å². The summed E-state index contributed by atoms with van der Waals surface area (Å²) in [6.07, 6.45) is 4.04. The van der Waals surface area contributed by atoms with Crippen molar-refractivity contribution in [2.45, 2.75) is 33.1 Å². The average molecular weight is 246 g/mol. The number of nitrogens with two attached hydrogens (primary N) is 1. The van der Waals surface area contributed by atoms with Gasteiger partial charge in [-0.05, 0) is 50.8 Å². The number of carbonyl (C=O) groups excluding carboxylic acids is 1. The Bertz CT molecular complexity index is 438. The summed E-state index contributed by atoms with van der Waals surface area (Å²) in [5.74, 6) is 0.859. The topological polar surface area (TPSA) is 46.3 Å². The van der Waals surface area contributed by atoms with Crippen molar-refractivity contribution in [3.8, 4) is 0 Å². The highest BCUT2D eigenvalue weighted by Crippen LogP contribution is 2.30. The Hall–Kier alpha value is -1.51.